The fourth-order valence-electron chi connectivity index (χ4n) is 1.59. The van der Waals surface area contributed by atoms with Crippen molar-refractivity contribution in [1.82, 2.24) is 9.97 Å². The van der Waals surface area contributed by atoms with Crippen molar-refractivity contribution in [2.45, 2.75) is 13.3 Å². The maximum Gasteiger partial charge on any atom is 0.234 e. The molecular formula is C13H14BrN3O2S. The zero-order valence-corrected chi connectivity index (χ0v) is 13.3. The van der Waals surface area contributed by atoms with Gasteiger partial charge in [0.1, 0.15) is 5.82 Å². The number of pyridine rings is 2. The number of aromatic nitrogens is 2. The van der Waals surface area contributed by atoms with Crippen LogP contribution in [0.3, 0.4) is 0 Å². The lowest BCUT2D eigenvalue weighted by Gasteiger charge is -2.08. The lowest BCUT2D eigenvalue weighted by molar-refractivity contribution is 0.600. The Morgan fingerprint density at radius 2 is 2.10 bits per heavy atom. The molecule has 0 atom stereocenters. The summed E-state index contributed by atoms with van der Waals surface area (Å²) < 4.78 is 27.3. The molecule has 0 unspecified atom stereocenters. The van der Waals surface area contributed by atoms with Crippen molar-refractivity contribution in [3.05, 3.63) is 52.4 Å². The van der Waals surface area contributed by atoms with Crippen LogP contribution in [0.4, 0.5) is 5.82 Å². The molecule has 20 heavy (non-hydrogen) atoms. The van der Waals surface area contributed by atoms with Crippen molar-refractivity contribution in [3.63, 3.8) is 0 Å². The van der Waals surface area contributed by atoms with E-state index in [1.807, 2.05) is 13.0 Å². The van der Waals surface area contributed by atoms with Crippen LogP contribution in [0.2, 0.25) is 0 Å². The number of sulfonamides is 1. The van der Waals surface area contributed by atoms with Gasteiger partial charge in [0.25, 0.3) is 0 Å². The monoisotopic (exact) mass is 355 g/mol. The number of rotatable bonds is 5. The summed E-state index contributed by atoms with van der Waals surface area (Å²) in [5.41, 5.74) is 1.67. The van der Waals surface area contributed by atoms with E-state index in [0.29, 0.717) is 12.2 Å². The molecule has 0 radical (unpaired) electrons. The molecule has 0 bridgehead atoms. The van der Waals surface area contributed by atoms with Crippen molar-refractivity contribution < 1.29 is 8.42 Å². The third-order valence-corrected chi connectivity index (χ3v) is 4.75. The number of hydrogen-bond donors (Lipinski definition) is 1. The Hall–Kier alpha value is -1.47. The largest absolute Gasteiger partial charge is 0.267 e. The Bertz CT molecular complexity index is 690. The molecule has 7 heteroatoms. The van der Waals surface area contributed by atoms with E-state index in [9.17, 15) is 8.42 Å². The fraction of sp³-hybridized carbons (Fsp3) is 0.231. The van der Waals surface area contributed by atoms with Crippen molar-refractivity contribution >= 4 is 31.8 Å². The number of nitrogens with one attached hydrogen (secondary N) is 1. The summed E-state index contributed by atoms with van der Waals surface area (Å²) in [4.78, 5) is 8.13. The highest BCUT2D eigenvalue weighted by molar-refractivity contribution is 9.10. The van der Waals surface area contributed by atoms with Crippen LogP contribution in [0.5, 0.6) is 0 Å². The predicted octanol–water partition coefficient (Wildman–Crippen LogP) is 2.53. The van der Waals surface area contributed by atoms with Gasteiger partial charge in [-0.3, -0.25) is 9.71 Å². The van der Waals surface area contributed by atoms with Gasteiger partial charge in [0.15, 0.2) is 0 Å². The fourth-order valence-corrected chi connectivity index (χ4v) is 2.82. The predicted molar refractivity (Wildman–Crippen MR) is 82.0 cm³/mol. The minimum absolute atomic E-state index is 0.0270. The maximum atomic E-state index is 12.0. The standard InChI is InChI=1S/C13H14BrN3O2S/c1-10-8-13(16-9-12(10)14)17-20(18,19)7-5-11-4-2-3-6-15-11/h2-4,6,8-9H,5,7H2,1H3,(H,16,17). The molecule has 2 aromatic rings. The smallest absolute Gasteiger partial charge is 0.234 e. The van der Waals surface area contributed by atoms with Crippen LogP contribution in [0.15, 0.2) is 41.1 Å². The summed E-state index contributed by atoms with van der Waals surface area (Å²) in [6.45, 7) is 1.87. The van der Waals surface area contributed by atoms with Crippen LogP contribution in [0.1, 0.15) is 11.3 Å². The highest BCUT2D eigenvalue weighted by atomic mass is 79.9. The molecule has 2 aromatic heterocycles. The Morgan fingerprint density at radius 1 is 1.30 bits per heavy atom. The Labute approximate surface area is 126 Å². The van der Waals surface area contributed by atoms with Gasteiger partial charge in [-0.15, -0.1) is 0 Å². The quantitative estimate of drug-likeness (QED) is 0.894. The second-order valence-corrected chi connectivity index (χ2v) is 7.01. The van der Waals surface area contributed by atoms with E-state index in [4.69, 9.17) is 0 Å². The first-order valence-corrected chi connectivity index (χ1v) is 8.43. The van der Waals surface area contributed by atoms with Gasteiger partial charge in [-0.2, -0.15) is 0 Å². The van der Waals surface area contributed by atoms with Gasteiger partial charge in [-0.1, -0.05) is 6.07 Å². The van der Waals surface area contributed by atoms with Gasteiger partial charge >= 0.3 is 0 Å². The SMILES string of the molecule is Cc1cc(NS(=O)(=O)CCc2ccccn2)ncc1Br. The minimum Gasteiger partial charge on any atom is -0.267 e. The third-order valence-electron chi connectivity index (χ3n) is 2.66. The van der Waals surface area contributed by atoms with Gasteiger partial charge < -0.3 is 0 Å². The molecule has 0 spiro atoms. The van der Waals surface area contributed by atoms with E-state index in [-0.39, 0.29) is 5.75 Å². The van der Waals surface area contributed by atoms with E-state index < -0.39 is 10.0 Å². The second-order valence-electron chi connectivity index (χ2n) is 4.31. The number of nitrogens with zero attached hydrogens (tertiary/aromatic N) is 2. The Kier molecular flexibility index (Phi) is 4.72. The molecule has 0 saturated carbocycles. The number of anilines is 1. The minimum atomic E-state index is -3.43. The molecule has 0 fully saturated rings. The number of halogens is 1. The van der Waals surface area contributed by atoms with E-state index in [1.165, 1.54) is 0 Å². The lowest BCUT2D eigenvalue weighted by atomic mass is 10.3. The summed E-state index contributed by atoms with van der Waals surface area (Å²) in [7, 11) is -3.43. The molecule has 0 aromatic carbocycles. The molecule has 0 aliphatic rings. The molecule has 106 valence electrons. The van der Waals surface area contributed by atoms with Crippen molar-refractivity contribution in [2.75, 3.05) is 10.5 Å². The topological polar surface area (TPSA) is 72.0 Å². The molecule has 0 amide bonds. The van der Waals surface area contributed by atoms with E-state index >= 15 is 0 Å². The average Bonchev–Trinajstić information content (AvgIpc) is 2.42. The Morgan fingerprint density at radius 3 is 2.75 bits per heavy atom. The van der Waals surface area contributed by atoms with Crippen molar-refractivity contribution in [3.8, 4) is 0 Å². The lowest BCUT2D eigenvalue weighted by Crippen LogP contribution is -2.19. The van der Waals surface area contributed by atoms with Crippen LogP contribution in [-0.2, 0) is 16.4 Å². The average molecular weight is 356 g/mol. The van der Waals surface area contributed by atoms with Crippen molar-refractivity contribution in [1.29, 1.82) is 0 Å². The van der Waals surface area contributed by atoms with Gasteiger partial charge in [0.2, 0.25) is 10.0 Å². The summed E-state index contributed by atoms with van der Waals surface area (Å²) in [6.07, 6.45) is 3.59. The summed E-state index contributed by atoms with van der Waals surface area (Å²) >= 11 is 3.32. The van der Waals surface area contributed by atoms with Gasteiger partial charge in [-0.25, -0.2) is 13.4 Å². The first-order chi connectivity index (χ1) is 9.46. The number of hydrogen-bond acceptors (Lipinski definition) is 4. The molecular weight excluding hydrogens is 342 g/mol. The summed E-state index contributed by atoms with van der Waals surface area (Å²) in [5, 5.41) is 0. The summed E-state index contributed by atoms with van der Waals surface area (Å²) in [5.74, 6) is 0.299. The van der Waals surface area contributed by atoms with E-state index in [2.05, 4.69) is 30.6 Å². The van der Waals surface area contributed by atoms with Gasteiger partial charge in [0, 0.05) is 29.0 Å². The molecule has 5 nitrogen and oxygen atoms in total. The third kappa shape index (κ3) is 4.28. The van der Waals surface area contributed by atoms with Crippen LogP contribution in [0.25, 0.3) is 0 Å². The molecule has 0 saturated heterocycles. The highest BCUT2D eigenvalue weighted by Gasteiger charge is 2.12. The van der Waals surface area contributed by atoms with Crippen LogP contribution in [0, 0.1) is 6.92 Å². The molecule has 2 rings (SSSR count). The maximum absolute atomic E-state index is 12.0. The van der Waals surface area contributed by atoms with Crippen LogP contribution >= 0.6 is 15.9 Å². The highest BCUT2D eigenvalue weighted by Crippen LogP contribution is 2.18. The number of aryl methyl sites for hydroxylation is 2. The molecule has 2 heterocycles. The van der Waals surface area contributed by atoms with Gasteiger partial charge in [-0.05, 0) is 46.6 Å². The Balaban J connectivity index is 2.02. The molecule has 1 N–H and O–H groups in total. The zero-order valence-electron chi connectivity index (χ0n) is 10.9. The van der Waals surface area contributed by atoms with E-state index in [1.54, 1.807) is 30.6 Å². The second kappa shape index (κ2) is 6.32. The normalized spacial score (nSPS) is 11.3. The molecule has 0 aliphatic heterocycles. The van der Waals surface area contributed by atoms with E-state index in [0.717, 1.165) is 15.7 Å². The van der Waals surface area contributed by atoms with Crippen LogP contribution < -0.4 is 4.72 Å². The van der Waals surface area contributed by atoms with Crippen molar-refractivity contribution in [2.24, 2.45) is 0 Å². The first-order valence-electron chi connectivity index (χ1n) is 5.99. The molecule has 0 aliphatic carbocycles. The first kappa shape index (κ1) is 14.9. The van der Waals surface area contributed by atoms with Crippen LogP contribution in [-0.4, -0.2) is 24.1 Å². The van der Waals surface area contributed by atoms with Gasteiger partial charge in [0.05, 0.1) is 5.75 Å². The summed E-state index contributed by atoms with van der Waals surface area (Å²) in [6, 6.07) is 7.12. The zero-order chi connectivity index (χ0) is 14.6.